The Morgan fingerprint density at radius 1 is 1.00 bits per heavy atom. The molecule has 2 aromatic rings. The second-order valence-corrected chi connectivity index (χ2v) is 6.16. The van der Waals surface area contributed by atoms with Gasteiger partial charge in [0.2, 0.25) is 0 Å². The van der Waals surface area contributed by atoms with Gasteiger partial charge in [0.05, 0.1) is 0 Å². The van der Waals surface area contributed by atoms with E-state index in [2.05, 4.69) is 62.4 Å². The van der Waals surface area contributed by atoms with Crippen LogP contribution >= 0.6 is 0 Å². The maximum Gasteiger partial charge on any atom is -0.00201 e. The van der Waals surface area contributed by atoms with Crippen molar-refractivity contribution in [1.82, 2.24) is 0 Å². The van der Waals surface area contributed by atoms with Gasteiger partial charge in [-0.2, -0.15) is 0 Å². The molecule has 0 aromatic heterocycles. The first-order valence-electron chi connectivity index (χ1n) is 7.95. The molecule has 1 atom stereocenters. The topological polar surface area (TPSA) is 0 Å². The van der Waals surface area contributed by atoms with Crippen LogP contribution < -0.4 is 0 Å². The van der Waals surface area contributed by atoms with Gasteiger partial charge in [-0.05, 0) is 59.8 Å². The molecular formula is C20H24. The predicted octanol–water partition coefficient (Wildman–Crippen LogP) is 5.67. The zero-order valence-electron chi connectivity index (χ0n) is 12.6. The van der Waals surface area contributed by atoms with E-state index in [0.29, 0.717) is 5.92 Å². The number of rotatable bonds is 5. The first-order chi connectivity index (χ1) is 9.79. The molecule has 0 heteroatoms. The van der Waals surface area contributed by atoms with Crippen molar-refractivity contribution in [2.24, 2.45) is 0 Å². The average molecular weight is 264 g/mol. The maximum atomic E-state index is 2.36. The summed E-state index contributed by atoms with van der Waals surface area (Å²) in [6.07, 6.45) is 5.07. The molecule has 0 bridgehead atoms. The molecule has 0 amide bonds. The van der Waals surface area contributed by atoms with Gasteiger partial charge in [0.15, 0.2) is 0 Å². The Hall–Kier alpha value is -1.56. The van der Waals surface area contributed by atoms with Crippen molar-refractivity contribution in [2.45, 2.75) is 51.4 Å². The maximum absolute atomic E-state index is 2.36. The Morgan fingerprint density at radius 2 is 1.75 bits per heavy atom. The fourth-order valence-electron chi connectivity index (χ4n) is 3.09. The van der Waals surface area contributed by atoms with Gasteiger partial charge in [0.1, 0.15) is 0 Å². The summed E-state index contributed by atoms with van der Waals surface area (Å²) in [6, 6.07) is 17.9. The third-order valence-corrected chi connectivity index (χ3v) is 4.63. The molecule has 20 heavy (non-hydrogen) atoms. The average Bonchev–Trinajstić information content (AvgIpc) is 3.32. The minimum atomic E-state index is 0.660. The molecule has 3 rings (SSSR count). The Labute approximate surface area is 122 Å². The second-order valence-electron chi connectivity index (χ2n) is 6.16. The molecule has 1 unspecified atom stereocenters. The lowest BCUT2D eigenvalue weighted by molar-refractivity contribution is 0.722. The van der Waals surface area contributed by atoms with E-state index in [9.17, 15) is 0 Å². The van der Waals surface area contributed by atoms with E-state index in [1.54, 1.807) is 16.7 Å². The molecule has 0 heterocycles. The molecule has 0 spiro atoms. The van der Waals surface area contributed by atoms with Crippen molar-refractivity contribution >= 4 is 0 Å². The van der Waals surface area contributed by atoms with Crippen molar-refractivity contribution < 1.29 is 0 Å². The highest BCUT2D eigenvalue weighted by Gasteiger charge is 2.27. The minimum absolute atomic E-state index is 0.660. The first-order valence-corrected chi connectivity index (χ1v) is 7.95. The van der Waals surface area contributed by atoms with E-state index >= 15 is 0 Å². The summed E-state index contributed by atoms with van der Waals surface area (Å²) in [6.45, 7) is 4.65. The summed E-state index contributed by atoms with van der Waals surface area (Å²) in [7, 11) is 0. The van der Waals surface area contributed by atoms with Crippen LogP contribution in [0.4, 0.5) is 0 Å². The molecule has 1 saturated carbocycles. The summed E-state index contributed by atoms with van der Waals surface area (Å²) in [5, 5.41) is 0. The van der Waals surface area contributed by atoms with Crippen LogP contribution in [0.5, 0.6) is 0 Å². The van der Waals surface area contributed by atoms with Crippen LogP contribution in [0.1, 0.15) is 67.2 Å². The highest BCUT2D eigenvalue weighted by molar-refractivity contribution is 5.44. The van der Waals surface area contributed by atoms with Crippen LogP contribution in [0.2, 0.25) is 0 Å². The highest BCUT2D eigenvalue weighted by atomic mass is 14.3. The van der Waals surface area contributed by atoms with Gasteiger partial charge in [-0.25, -0.2) is 0 Å². The molecule has 0 N–H and O–H groups in total. The monoisotopic (exact) mass is 264 g/mol. The smallest absolute Gasteiger partial charge is 0.00201 e. The third-order valence-electron chi connectivity index (χ3n) is 4.63. The fraction of sp³-hybridized carbons (Fsp3) is 0.400. The van der Waals surface area contributed by atoms with Crippen LogP contribution in [0.15, 0.2) is 48.5 Å². The zero-order valence-corrected chi connectivity index (χ0v) is 12.6. The minimum Gasteiger partial charge on any atom is -0.0648 e. The summed E-state index contributed by atoms with van der Waals surface area (Å²) in [4.78, 5) is 0. The van der Waals surface area contributed by atoms with E-state index < -0.39 is 0 Å². The van der Waals surface area contributed by atoms with Crippen molar-refractivity contribution in [3.8, 4) is 0 Å². The van der Waals surface area contributed by atoms with Crippen LogP contribution in [0, 0.1) is 0 Å². The number of benzene rings is 2. The lowest BCUT2D eigenvalue weighted by Crippen LogP contribution is -2.03. The van der Waals surface area contributed by atoms with E-state index in [-0.39, 0.29) is 0 Å². The highest BCUT2D eigenvalue weighted by Crippen LogP contribution is 2.44. The molecule has 0 nitrogen and oxygen atoms in total. The SMILES string of the molecule is CCC(C)c1cccc(C2CC2)c1Cc1ccccc1. The van der Waals surface area contributed by atoms with Crippen LogP contribution in [-0.4, -0.2) is 0 Å². The molecule has 0 aliphatic heterocycles. The van der Waals surface area contributed by atoms with Crippen LogP contribution in [-0.2, 0) is 6.42 Å². The molecule has 0 radical (unpaired) electrons. The van der Waals surface area contributed by atoms with E-state index in [4.69, 9.17) is 0 Å². The van der Waals surface area contributed by atoms with Gasteiger partial charge in [-0.3, -0.25) is 0 Å². The molecule has 1 fully saturated rings. The fourth-order valence-corrected chi connectivity index (χ4v) is 3.09. The molecule has 2 aromatic carbocycles. The van der Waals surface area contributed by atoms with Crippen LogP contribution in [0.3, 0.4) is 0 Å². The largest absolute Gasteiger partial charge is 0.0648 e. The van der Waals surface area contributed by atoms with Crippen molar-refractivity contribution in [2.75, 3.05) is 0 Å². The second kappa shape index (κ2) is 5.83. The molecular weight excluding hydrogens is 240 g/mol. The van der Waals surface area contributed by atoms with Gasteiger partial charge < -0.3 is 0 Å². The van der Waals surface area contributed by atoms with Crippen molar-refractivity contribution in [3.63, 3.8) is 0 Å². The van der Waals surface area contributed by atoms with E-state index in [1.165, 1.54) is 24.8 Å². The Morgan fingerprint density at radius 3 is 2.40 bits per heavy atom. The van der Waals surface area contributed by atoms with Gasteiger partial charge in [-0.1, -0.05) is 62.4 Å². The zero-order chi connectivity index (χ0) is 13.9. The third kappa shape index (κ3) is 2.80. The van der Waals surface area contributed by atoms with Gasteiger partial charge in [0.25, 0.3) is 0 Å². The van der Waals surface area contributed by atoms with Gasteiger partial charge in [-0.15, -0.1) is 0 Å². The van der Waals surface area contributed by atoms with Crippen molar-refractivity contribution in [1.29, 1.82) is 0 Å². The Kier molecular flexibility index (Phi) is 3.91. The predicted molar refractivity (Wildman–Crippen MR) is 86.4 cm³/mol. The van der Waals surface area contributed by atoms with E-state index in [1.807, 2.05) is 0 Å². The summed E-state index contributed by atoms with van der Waals surface area (Å²) in [5.74, 6) is 1.49. The van der Waals surface area contributed by atoms with Gasteiger partial charge in [0, 0.05) is 0 Å². The van der Waals surface area contributed by atoms with Crippen LogP contribution in [0.25, 0.3) is 0 Å². The molecule has 1 aliphatic rings. The molecule has 1 aliphatic carbocycles. The summed E-state index contributed by atoms with van der Waals surface area (Å²) in [5.41, 5.74) is 6.23. The van der Waals surface area contributed by atoms with Gasteiger partial charge >= 0.3 is 0 Å². The van der Waals surface area contributed by atoms with E-state index in [0.717, 1.165) is 12.3 Å². The van der Waals surface area contributed by atoms with Crippen molar-refractivity contribution in [3.05, 3.63) is 70.8 Å². The molecule has 0 saturated heterocycles. The number of hydrogen-bond acceptors (Lipinski definition) is 0. The quantitative estimate of drug-likeness (QED) is 0.653. The number of hydrogen-bond donors (Lipinski definition) is 0. The first kappa shape index (κ1) is 13.4. The standard InChI is InChI=1S/C20H24/c1-3-15(2)18-10-7-11-19(17-12-13-17)20(18)14-16-8-5-4-6-9-16/h4-11,15,17H,3,12-14H2,1-2H3. The summed E-state index contributed by atoms with van der Waals surface area (Å²) < 4.78 is 0. The summed E-state index contributed by atoms with van der Waals surface area (Å²) >= 11 is 0. The normalized spacial score (nSPS) is 16.1. The Bertz CT molecular complexity index is 564. The lowest BCUT2D eigenvalue weighted by atomic mass is 9.86. The Balaban J connectivity index is 2.01. The molecule has 104 valence electrons. The lowest BCUT2D eigenvalue weighted by Gasteiger charge is -2.19.